The van der Waals surface area contributed by atoms with Crippen molar-refractivity contribution in [1.82, 2.24) is 0 Å². The Kier molecular flexibility index (Phi) is 1.72. The van der Waals surface area contributed by atoms with Gasteiger partial charge >= 0.3 is 0 Å². The van der Waals surface area contributed by atoms with Crippen LogP contribution in [0.5, 0.6) is 0 Å². The molecule has 1 saturated carbocycles. The number of hydrogen-bond donors (Lipinski definition) is 0. The van der Waals surface area contributed by atoms with Gasteiger partial charge in [-0.05, 0) is 18.8 Å². The summed E-state index contributed by atoms with van der Waals surface area (Å²) in [6, 6.07) is 0. The summed E-state index contributed by atoms with van der Waals surface area (Å²) in [6.45, 7) is 2.25. The fraction of sp³-hybridized carbons (Fsp3) is 0.857. The molecular weight excluding hydrogens is 84.1 g/mol. The minimum absolute atomic E-state index is 0.786. The van der Waals surface area contributed by atoms with Crippen LogP contribution in [-0.2, 0) is 0 Å². The smallest absolute Gasteiger partial charge is 0.0143 e. The van der Waals surface area contributed by atoms with E-state index in [0.29, 0.717) is 0 Å². The SMILES string of the molecule is CC1[C]CCCC1. The molecule has 7 heavy (non-hydrogen) atoms. The molecule has 0 heterocycles. The summed E-state index contributed by atoms with van der Waals surface area (Å²) in [6.07, 6.45) is 8.80. The molecule has 0 aromatic carbocycles. The molecule has 1 atom stereocenters. The van der Waals surface area contributed by atoms with Crippen molar-refractivity contribution in [2.75, 3.05) is 0 Å². The Morgan fingerprint density at radius 3 is 2.57 bits per heavy atom. The van der Waals surface area contributed by atoms with Gasteiger partial charge in [0.2, 0.25) is 0 Å². The quantitative estimate of drug-likeness (QED) is 0.434. The Labute approximate surface area is 45.9 Å². The van der Waals surface area contributed by atoms with Gasteiger partial charge in [-0.3, -0.25) is 0 Å². The highest BCUT2D eigenvalue weighted by molar-refractivity contribution is 4.76. The summed E-state index contributed by atoms with van der Waals surface area (Å²) in [7, 11) is 0. The average Bonchev–Trinajstić information content (AvgIpc) is 1.69. The molecule has 1 aliphatic rings. The van der Waals surface area contributed by atoms with Gasteiger partial charge in [0, 0.05) is 0 Å². The first-order valence-electron chi connectivity index (χ1n) is 3.13. The highest BCUT2D eigenvalue weighted by atomic mass is 14.1. The normalized spacial score (nSPS) is 25.3. The third-order valence-corrected chi connectivity index (χ3v) is 1.56. The van der Waals surface area contributed by atoms with Gasteiger partial charge in [-0.2, -0.15) is 0 Å². The zero-order chi connectivity index (χ0) is 5.11. The molecule has 1 unspecified atom stereocenters. The lowest BCUT2D eigenvalue weighted by atomic mass is 9.91. The van der Waals surface area contributed by atoms with Crippen molar-refractivity contribution < 1.29 is 0 Å². The first kappa shape index (κ1) is 5.14. The molecule has 0 N–H and O–H groups in total. The van der Waals surface area contributed by atoms with Crippen LogP contribution in [0.1, 0.15) is 32.6 Å². The van der Waals surface area contributed by atoms with Crippen molar-refractivity contribution in [3.63, 3.8) is 0 Å². The Hall–Kier alpha value is 0. The highest BCUT2D eigenvalue weighted by Gasteiger charge is 2.06. The van der Waals surface area contributed by atoms with E-state index in [0.717, 1.165) is 5.92 Å². The molecule has 40 valence electrons. The summed E-state index contributed by atoms with van der Waals surface area (Å²) in [5, 5.41) is 0. The topological polar surface area (TPSA) is 0 Å². The van der Waals surface area contributed by atoms with Crippen LogP contribution in [0.3, 0.4) is 0 Å². The predicted octanol–water partition coefficient (Wildman–Crippen LogP) is 2.28. The van der Waals surface area contributed by atoms with Crippen LogP contribution in [0.4, 0.5) is 0 Å². The molecule has 0 spiro atoms. The minimum atomic E-state index is 0.786. The van der Waals surface area contributed by atoms with Gasteiger partial charge in [0.25, 0.3) is 0 Å². The standard InChI is InChI=1S/C7H12/c1-7-5-3-2-4-6-7/h7H,2-5H2,1H3. The largest absolute Gasteiger partial charge is 0.0619 e. The van der Waals surface area contributed by atoms with E-state index in [1.165, 1.54) is 25.7 Å². The molecular formula is C7H12. The van der Waals surface area contributed by atoms with E-state index in [1.54, 1.807) is 0 Å². The predicted molar refractivity (Wildman–Crippen MR) is 30.9 cm³/mol. The van der Waals surface area contributed by atoms with Gasteiger partial charge in [0.1, 0.15) is 0 Å². The molecule has 1 fully saturated rings. The van der Waals surface area contributed by atoms with E-state index < -0.39 is 0 Å². The summed E-state index contributed by atoms with van der Waals surface area (Å²) in [5.74, 6) is 0.786. The van der Waals surface area contributed by atoms with Crippen LogP contribution in [0.2, 0.25) is 0 Å². The molecule has 1 rings (SSSR count). The lowest BCUT2D eigenvalue weighted by Gasteiger charge is -2.14. The number of rotatable bonds is 0. The Bertz CT molecular complexity index is 42.0. The lowest BCUT2D eigenvalue weighted by molar-refractivity contribution is 0.476. The molecule has 0 bridgehead atoms. The maximum atomic E-state index is 3.38. The van der Waals surface area contributed by atoms with Crippen LogP contribution in [0.15, 0.2) is 0 Å². The second-order valence-corrected chi connectivity index (χ2v) is 2.35. The van der Waals surface area contributed by atoms with E-state index in [9.17, 15) is 0 Å². The van der Waals surface area contributed by atoms with Gasteiger partial charge in [0.15, 0.2) is 0 Å². The summed E-state index contributed by atoms with van der Waals surface area (Å²) in [4.78, 5) is 0. The summed E-state index contributed by atoms with van der Waals surface area (Å²) in [5.41, 5.74) is 0. The van der Waals surface area contributed by atoms with Crippen LogP contribution < -0.4 is 0 Å². The van der Waals surface area contributed by atoms with Crippen molar-refractivity contribution in [2.24, 2.45) is 5.92 Å². The molecule has 0 saturated heterocycles. The van der Waals surface area contributed by atoms with E-state index in [2.05, 4.69) is 13.3 Å². The minimum Gasteiger partial charge on any atom is -0.0619 e. The molecule has 0 nitrogen and oxygen atoms in total. The maximum absolute atomic E-state index is 3.38. The van der Waals surface area contributed by atoms with Crippen molar-refractivity contribution in [3.8, 4) is 0 Å². The van der Waals surface area contributed by atoms with Gasteiger partial charge in [-0.25, -0.2) is 0 Å². The van der Waals surface area contributed by atoms with E-state index in [1.807, 2.05) is 0 Å². The first-order valence-corrected chi connectivity index (χ1v) is 3.13. The van der Waals surface area contributed by atoms with Gasteiger partial charge in [-0.15, -0.1) is 0 Å². The first-order chi connectivity index (χ1) is 3.39. The van der Waals surface area contributed by atoms with Crippen LogP contribution in [0.25, 0.3) is 0 Å². The maximum Gasteiger partial charge on any atom is -0.0143 e. The van der Waals surface area contributed by atoms with Crippen LogP contribution in [-0.4, -0.2) is 0 Å². The zero-order valence-electron chi connectivity index (χ0n) is 4.91. The third kappa shape index (κ3) is 1.50. The summed E-state index contributed by atoms with van der Waals surface area (Å²) < 4.78 is 0. The second kappa shape index (κ2) is 2.34. The van der Waals surface area contributed by atoms with Crippen molar-refractivity contribution in [3.05, 3.63) is 6.42 Å². The zero-order valence-corrected chi connectivity index (χ0v) is 4.91. The molecule has 0 aromatic heterocycles. The monoisotopic (exact) mass is 96.1 g/mol. The lowest BCUT2D eigenvalue weighted by Crippen LogP contribution is -2.00. The molecule has 2 radical (unpaired) electrons. The molecule has 0 aromatic rings. The van der Waals surface area contributed by atoms with Crippen molar-refractivity contribution >= 4 is 0 Å². The van der Waals surface area contributed by atoms with Crippen LogP contribution in [0, 0.1) is 12.3 Å². The second-order valence-electron chi connectivity index (χ2n) is 2.35. The molecule has 0 heteroatoms. The summed E-state index contributed by atoms with van der Waals surface area (Å²) >= 11 is 0. The highest BCUT2D eigenvalue weighted by Crippen LogP contribution is 2.20. The fourth-order valence-electron chi connectivity index (χ4n) is 1.03. The van der Waals surface area contributed by atoms with Gasteiger partial charge in [0.05, 0.1) is 0 Å². The van der Waals surface area contributed by atoms with Crippen molar-refractivity contribution in [1.29, 1.82) is 0 Å². The Morgan fingerprint density at radius 1 is 1.43 bits per heavy atom. The molecule has 0 aliphatic heterocycles. The van der Waals surface area contributed by atoms with Crippen LogP contribution >= 0.6 is 0 Å². The van der Waals surface area contributed by atoms with Gasteiger partial charge in [-0.1, -0.05) is 26.2 Å². The Balaban J connectivity index is 2.12. The van der Waals surface area contributed by atoms with E-state index in [4.69, 9.17) is 0 Å². The van der Waals surface area contributed by atoms with Crippen molar-refractivity contribution in [2.45, 2.75) is 32.6 Å². The van der Waals surface area contributed by atoms with E-state index >= 15 is 0 Å². The molecule has 0 amide bonds. The van der Waals surface area contributed by atoms with E-state index in [-0.39, 0.29) is 0 Å². The Morgan fingerprint density at radius 2 is 2.29 bits per heavy atom. The van der Waals surface area contributed by atoms with Gasteiger partial charge < -0.3 is 0 Å². The molecule has 1 aliphatic carbocycles. The third-order valence-electron chi connectivity index (χ3n) is 1.56. The number of hydrogen-bond acceptors (Lipinski definition) is 0. The fourth-order valence-corrected chi connectivity index (χ4v) is 1.03. The average molecular weight is 96.2 g/mol.